The SMILES string of the molecule is Cc1cccn2c(=O)c(-c3cc(C=N)cc(-c4ccc(Cl)cc4F)c3)c(O)[n+](Cc3cnc(Cl)s3)c12. The number of benzene rings is 2. The van der Waals surface area contributed by atoms with Crippen molar-refractivity contribution in [2.45, 2.75) is 13.5 Å². The van der Waals surface area contributed by atoms with Crippen LogP contribution in [0.25, 0.3) is 27.9 Å². The molecule has 180 valence electrons. The lowest BCUT2D eigenvalue weighted by Crippen LogP contribution is -2.41. The zero-order chi connectivity index (χ0) is 25.6. The minimum absolute atomic E-state index is 0.0213. The van der Waals surface area contributed by atoms with Gasteiger partial charge in [0, 0.05) is 28.6 Å². The molecule has 0 saturated heterocycles. The number of rotatable bonds is 5. The number of aromatic hydroxyl groups is 1. The molecule has 0 aliphatic rings. The van der Waals surface area contributed by atoms with Gasteiger partial charge in [-0.15, -0.1) is 11.3 Å². The average molecular weight is 540 g/mol. The fourth-order valence-electron chi connectivity index (χ4n) is 4.24. The second kappa shape index (κ2) is 9.46. The number of aryl methyl sites for hydroxylation is 1. The van der Waals surface area contributed by atoms with Crippen LogP contribution in [0, 0.1) is 18.2 Å². The summed E-state index contributed by atoms with van der Waals surface area (Å²) in [6, 6.07) is 12.8. The van der Waals surface area contributed by atoms with Gasteiger partial charge in [0.1, 0.15) is 12.4 Å². The molecule has 0 aliphatic carbocycles. The minimum atomic E-state index is -0.539. The van der Waals surface area contributed by atoms with Crippen LogP contribution in [0.3, 0.4) is 0 Å². The van der Waals surface area contributed by atoms with Crippen LogP contribution in [-0.2, 0) is 6.54 Å². The predicted octanol–water partition coefficient (Wildman–Crippen LogP) is 5.88. The smallest absolute Gasteiger partial charge is 0.354 e. The highest BCUT2D eigenvalue weighted by molar-refractivity contribution is 7.15. The van der Waals surface area contributed by atoms with Crippen molar-refractivity contribution < 1.29 is 14.1 Å². The Kier molecular flexibility index (Phi) is 6.34. The molecular weight excluding hydrogens is 522 g/mol. The first-order valence-corrected chi connectivity index (χ1v) is 12.3. The Bertz CT molecular complexity index is 1730. The lowest BCUT2D eigenvalue weighted by molar-refractivity contribution is -0.671. The third-order valence-electron chi connectivity index (χ3n) is 5.82. The summed E-state index contributed by atoms with van der Waals surface area (Å²) in [5.41, 5.74) is 2.34. The third kappa shape index (κ3) is 4.28. The summed E-state index contributed by atoms with van der Waals surface area (Å²) in [5, 5.41) is 19.5. The molecule has 0 radical (unpaired) electrons. The van der Waals surface area contributed by atoms with Gasteiger partial charge in [-0.3, -0.25) is 0 Å². The Hall–Kier alpha value is -3.59. The Labute approximate surface area is 219 Å². The summed E-state index contributed by atoms with van der Waals surface area (Å²) in [5.74, 6) is -0.800. The lowest BCUT2D eigenvalue weighted by atomic mass is 9.96. The van der Waals surface area contributed by atoms with Crippen LogP contribution in [0.5, 0.6) is 5.88 Å². The lowest BCUT2D eigenvalue weighted by Gasteiger charge is -2.13. The highest BCUT2D eigenvalue weighted by Crippen LogP contribution is 2.32. The van der Waals surface area contributed by atoms with E-state index in [0.29, 0.717) is 26.8 Å². The topological polar surface area (TPSA) is 82.3 Å². The minimum Gasteiger partial charge on any atom is -0.477 e. The van der Waals surface area contributed by atoms with Gasteiger partial charge < -0.3 is 10.5 Å². The molecule has 10 heteroatoms. The molecule has 36 heavy (non-hydrogen) atoms. The van der Waals surface area contributed by atoms with Crippen LogP contribution < -0.4 is 10.1 Å². The van der Waals surface area contributed by atoms with Crippen molar-refractivity contribution >= 4 is 46.4 Å². The van der Waals surface area contributed by atoms with E-state index in [4.69, 9.17) is 28.6 Å². The van der Waals surface area contributed by atoms with Gasteiger partial charge in [-0.2, -0.15) is 8.97 Å². The maximum absolute atomic E-state index is 14.7. The average Bonchev–Trinajstić information content (AvgIpc) is 3.26. The van der Waals surface area contributed by atoms with Gasteiger partial charge in [-0.1, -0.05) is 23.2 Å². The molecule has 0 fully saturated rings. The number of aromatic nitrogens is 3. The van der Waals surface area contributed by atoms with Gasteiger partial charge in [0.2, 0.25) is 0 Å². The molecule has 0 unspecified atom stereocenters. The molecule has 2 N–H and O–H groups in total. The molecule has 0 atom stereocenters. The van der Waals surface area contributed by atoms with Crippen LogP contribution in [0.15, 0.2) is 65.7 Å². The van der Waals surface area contributed by atoms with Gasteiger partial charge in [0.05, 0.1) is 11.1 Å². The monoisotopic (exact) mass is 539 g/mol. The summed E-state index contributed by atoms with van der Waals surface area (Å²) in [6.07, 6.45) is 4.36. The Balaban J connectivity index is 1.81. The molecule has 6 nitrogen and oxygen atoms in total. The fraction of sp³-hybridized carbons (Fsp3) is 0.0769. The van der Waals surface area contributed by atoms with Gasteiger partial charge in [0.15, 0.2) is 10.0 Å². The van der Waals surface area contributed by atoms with Crippen LogP contribution >= 0.6 is 34.5 Å². The van der Waals surface area contributed by atoms with E-state index in [0.717, 1.165) is 16.7 Å². The Morgan fingerprint density at radius 3 is 2.67 bits per heavy atom. The molecule has 5 aromatic rings. The second-order valence-electron chi connectivity index (χ2n) is 8.17. The molecule has 0 saturated carbocycles. The van der Waals surface area contributed by atoms with Crippen LogP contribution in [0.1, 0.15) is 16.0 Å². The van der Waals surface area contributed by atoms with E-state index in [1.165, 1.54) is 27.9 Å². The largest absolute Gasteiger partial charge is 0.477 e. The number of hydrogen-bond acceptors (Lipinski definition) is 5. The highest BCUT2D eigenvalue weighted by atomic mass is 35.5. The molecule has 0 spiro atoms. The number of nitrogens with one attached hydrogen (secondary N) is 1. The third-order valence-corrected chi connectivity index (χ3v) is 7.16. The number of halogens is 3. The highest BCUT2D eigenvalue weighted by Gasteiger charge is 2.27. The van der Waals surface area contributed by atoms with Gasteiger partial charge in [-0.05, 0) is 72.1 Å². The van der Waals surface area contributed by atoms with E-state index >= 15 is 0 Å². The molecule has 0 amide bonds. The first-order valence-electron chi connectivity index (χ1n) is 10.7. The van der Waals surface area contributed by atoms with Crippen molar-refractivity contribution in [3.63, 3.8) is 0 Å². The molecule has 2 aromatic carbocycles. The van der Waals surface area contributed by atoms with Gasteiger partial charge >= 0.3 is 5.56 Å². The normalized spacial score (nSPS) is 11.2. The predicted molar refractivity (Wildman–Crippen MR) is 140 cm³/mol. The van der Waals surface area contributed by atoms with Crippen molar-refractivity contribution in [3.8, 4) is 28.1 Å². The number of thiazole rings is 1. The summed E-state index contributed by atoms with van der Waals surface area (Å²) in [6.45, 7) is 2.07. The number of hydrogen-bond donors (Lipinski definition) is 2. The van der Waals surface area contributed by atoms with Crippen molar-refractivity contribution in [1.29, 1.82) is 5.41 Å². The van der Waals surface area contributed by atoms with Crippen molar-refractivity contribution in [2.24, 2.45) is 0 Å². The van der Waals surface area contributed by atoms with E-state index < -0.39 is 11.4 Å². The quantitative estimate of drug-likeness (QED) is 0.216. The van der Waals surface area contributed by atoms with Crippen molar-refractivity contribution in [3.05, 3.63) is 103 Å². The molecule has 3 heterocycles. The van der Waals surface area contributed by atoms with Crippen molar-refractivity contribution in [1.82, 2.24) is 9.38 Å². The second-order valence-corrected chi connectivity index (χ2v) is 10.3. The van der Waals surface area contributed by atoms with Gasteiger partial charge in [-0.25, -0.2) is 14.2 Å². The number of pyridine rings is 1. The van der Waals surface area contributed by atoms with Gasteiger partial charge in [0.25, 0.3) is 11.5 Å². The standard InChI is InChI=1S/C26H17Cl2FN4O2S/c1-14-3-2-6-32-23(14)33(13-19-12-31-26(28)36-19)25(35)22(24(32)34)17-8-15(11-30)7-16(9-17)20-5-4-18(27)10-21(20)29/h2-12,30H,13H2,1H3/p+1. The summed E-state index contributed by atoms with van der Waals surface area (Å²) >= 11 is 13.2. The van der Waals surface area contributed by atoms with Crippen LogP contribution in [-0.4, -0.2) is 20.7 Å². The molecule has 0 bridgehead atoms. The van der Waals surface area contributed by atoms with Crippen LogP contribution in [0.4, 0.5) is 4.39 Å². The maximum Gasteiger partial charge on any atom is 0.354 e. The molecule has 3 aromatic heterocycles. The van der Waals surface area contributed by atoms with Crippen molar-refractivity contribution in [2.75, 3.05) is 0 Å². The Morgan fingerprint density at radius 2 is 1.97 bits per heavy atom. The van der Waals surface area contributed by atoms with E-state index in [9.17, 15) is 14.3 Å². The molecular formula is C26H18Cl2FN4O2S+. The molecule has 5 rings (SSSR count). The first kappa shape index (κ1) is 24.1. The van der Waals surface area contributed by atoms with E-state index in [2.05, 4.69) is 4.98 Å². The van der Waals surface area contributed by atoms with E-state index in [1.807, 2.05) is 13.0 Å². The maximum atomic E-state index is 14.7. The Morgan fingerprint density at radius 1 is 1.19 bits per heavy atom. The number of nitrogens with zero attached hydrogens (tertiary/aromatic N) is 3. The van der Waals surface area contributed by atoms with Crippen LogP contribution in [0.2, 0.25) is 9.49 Å². The first-order chi connectivity index (χ1) is 17.3. The van der Waals surface area contributed by atoms with E-state index in [-0.39, 0.29) is 28.6 Å². The summed E-state index contributed by atoms with van der Waals surface area (Å²) < 4.78 is 18.2. The summed E-state index contributed by atoms with van der Waals surface area (Å²) in [4.78, 5) is 18.5. The number of fused-ring (bicyclic) bond motifs is 1. The zero-order valence-electron chi connectivity index (χ0n) is 18.8. The summed E-state index contributed by atoms with van der Waals surface area (Å²) in [7, 11) is 0. The van der Waals surface area contributed by atoms with E-state index in [1.54, 1.807) is 47.3 Å². The fourth-order valence-corrected chi connectivity index (χ4v) is 5.37. The molecule has 0 aliphatic heterocycles. The zero-order valence-corrected chi connectivity index (χ0v) is 21.1.